The maximum Gasteiger partial charge on any atom is 0.260 e. The molecule has 1 N–H and O–H groups in total. The third-order valence-corrected chi connectivity index (χ3v) is 5.60. The van der Waals surface area contributed by atoms with E-state index in [1.165, 1.54) is 15.9 Å². The molecule has 2 aromatic heterocycles. The molecule has 0 fully saturated rings. The van der Waals surface area contributed by atoms with Crippen molar-refractivity contribution >= 4 is 37.9 Å². The van der Waals surface area contributed by atoms with Crippen LogP contribution in [0.3, 0.4) is 0 Å². The second-order valence-corrected chi connectivity index (χ2v) is 8.05. The monoisotopic (exact) mass is 356 g/mol. The molecule has 0 saturated carbocycles. The fourth-order valence-corrected chi connectivity index (χ4v) is 4.47. The van der Waals surface area contributed by atoms with Crippen molar-refractivity contribution in [2.45, 2.75) is 25.4 Å². The first kappa shape index (κ1) is 15.4. The van der Waals surface area contributed by atoms with Gasteiger partial charge in [0.2, 0.25) is 4.96 Å². The Labute approximate surface area is 136 Å². The lowest BCUT2D eigenvalue weighted by atomic mass is 10.2. The molecule has 22 heavy (non-hydrogen) atoms. The molecule has 2 heterocycles. The average molecular weight is 357 g/mol. The summed E-state index contributed by atoms with van der Waals surface area (Å²) in [6.45, 7) is 3.62. The Morgan fingerprint density at radius 3 is 2.86 bits per heavy atom. The van der Waals surface area contributed by atoms with Gasteiger partial charge in [0.05, 0.1) is 5.69 Å². The molecule has 0 aliphatic carbocycles. The summed E-state index contributed by atoms with van der Waals surface area (Å²) in [5.41, 5.74) is 1.21. The van der Waals surface area contributed by atoms with Gasteiger partial charge in [0.25, 0.3) is 10.0 Å². The fraction of sp³-hybridized carbons (Fsp3) is 0.231. The van der Waals surface area contributed by atoms with Crippen LogP contribution in [0.1, 0.15) is 16.3 Å². The van der Waals surface area contributed by atoms with E-state index in [-0.39, 0.29) is 11.6 Å². The number of rotatable bonds is 4. The number of sulfonamides is 1. The van der Waals surface area contributed by atoms with E-state index in [1.807, 2.05) is 6.92 Å². The van der Waals surface area contributed by atoms with E-state index in [1.54, 1.807) is 31.2 Å². The predicted octanol–water partition coefficient (Wildman–Crippen LogP) is 2.54. The standard InChI is InChI=1S/C13H13ClN4O2S2/c1-8-12(18-13(16-8)21-9(2)17-18)22(19,20)15-7-10-4-3-5-11(14)6-10/h3-6,15H,7H2,1-2H3. The van der Waals surface area contributed by atoms with E-state index >= 15 is 0 Å². The number of benzene rings is 1. The molecular formula is C13H13ClN4O2S2. The third kappa shape index (κ3) is 2.87. The zero-order chi connectivity index (χ0) is 15.9. The topological polar surface area (TPSA) is 76.4 Å². The zero-order valence-corrected chi connectivity index (χ0v) is 14.3. The van der Waals surface area contributed by atoms with Crippen molar-refractivity contribution in [1.29, 1.82) is 0 Å². The highest BCUT2D eigenvalue weighted by atomic mass is 35.5. The Morgan fingerprint density at radius 1 is 1.36 bits per heavy atom. The van der Waals surface area contributed by atoms with Gasteiger partial charge in [0, 0.05) is 11.6 Å². The van der Waals surface area contributed by atoms with Crippen molar-refractivity contribution in [3.8, 4) is 0 Å². The Bertz CT molecular complexity index is 946. The number of fused-ring (bicyclic) bond motifs is 1. The smallest absolute Gasteiger partial charge is 0.221 e. The predicted molar refractivity (Wildman–Crippen MR) is 85.8 cm³/mol. The molecule has 0 saturated heterocycles. The Balaban J connectivity index is 1.93. The first-order chi connectivity index (χ1) is 10.4. The molecule has 0 aliphatic rings. The lowest BCUT2D eigenvalue weighted by Crippen LogP contribution is -2.25. The molecule has 0 atom stereocenters. The summed E-state index contributed by atoms with van der Waals surface area (Å²) in [5, 5.41) is 5.60. The van der Waals surface area contributed by atoms with E-state index in [0.29, 0.717) is 15.7 Å². The summed E-state index contributed by atoms with van der Waals surface area (Å²) in [6, 6.07) is 7.04. The summed E-state index contributed by atoms with van der Waals surface area (Å²) in [7, 11) is -3.72. The SMILES string of the molecule is Cc1nn2c(S(=O)(=O)NCc3cccc(Cl)c3)c(C)nc2s1. The first-order valence-electron chi connectivity index (χ1n) is 6.44. The number of aryl methyl sites for hydroxylation is 2. The summed E-state index contributed by atoms with van der Waals surface area (Å²) < 4.78 is 29.0. The summed E-state index contributed by atoms with van der Waals surface area (Å²) in [4.78, 5) is 4.82. The minimum absolute atomic E-state index is 0.0777. The van der Waals surface area contributed by atoms with E-state index in [9.17, 15) is 8.42 Å². The van der Waals surface area contributed by atoms with Crippen molar-refractivity contribution in [2.75, 3.05) is 0 Å². The zero-order valence-electron chi connectivity index (χ0n) is 11.9. The number of hydrogen-bond acceptors (Lipinski definition) is 5. The third-order valence-electron chi connectivity index (χ3n) is 3.04. The second-order valence-electron chi connectivity index (χ2n) is 4.77. The lowest BCUT2D eigenvalue weighted by molar-refractivity contribution is 0.572. The van der Waals surface area contributed by atoms with Crippen LogP contribution in [0.15, 0.2) is 29.3 Å². The number of nitrogens with one attached hydrogen (secondary N) is 1. The molecule has 0 bridgehead atoms. The van der Waals surface area contributed by atoms with Crippen LogP contribution in [0.25, 0.3) is 4.96 Å². The highest BCUT2D eigenvalue weighted by molar-refractivity contribution is 7.89. The van der Waals surface area contributed by atoms with Crippen LogP contribution >= 0.6 is 22.9 Å². The molecule has 0 radical (unpaired) electrons. The molecular weight excluding hydrogens is 344 g/mol. The number of imidazole rings is 1. The van der Waals surface area contributed by atoms with Gasteiger partial charge >= 0.3 is 0 Å². The van der Waals surface area contributed by atoms with E-state index in [4.69, 9.17) is 11.6 Å². The molecule has 0 amide bonds. The van der Waals surface area contributed by atoms with Crippen molar-refractivity contribution in [3.63, 3.8) is 0 Å². The highest BCUT2D eigenvalue weighted by Crippen LogP contribution is 2.21. The minimum atomic E-state index is -3.72. The van der Waals surface area contributed by atoms with Crippen LogP contribution in [-0.4, -0.2) is 23.0 Å². The van der Waals surface area contributed by atoms with Crippen molar-refractivity contribution in [2.24, 2.45) is 0 Å². The fourth-order valence-electron chi connectivity index (χ4n) is 2.13. The van der Waals surface area contributed by atoms with Gasteiger partial charge in [-0.05, 0) is 31.5 Å². The van der Waals surface area contributed by atoms with Crippen LogP contribution < -0.4 is 4.72 Å². The number of aromatic nitrogens is 3. The van der Waals surface area contributed by atoms with Gasteiger partial charge in [0.1, 0.15) is 5.01 Å². The van der Waals surface area contributed by atoms with Crippen molar-refractivity contribution in [3.05, 3.63) is 45.6 Å². The van der Waals surface area contributed by atoms with Gasteiger partial charge in [-0.25, -0.2) is 18.1 Å². The molecule has 3 rings (SSSR count). The number of halogens is 1. The largest absolute Gasteiger partial charge is 0.260 e. The molecule has 116 valence electrons. The van der Waals surface area contributed by atoms with Gasteiger partial charge in [-0.3, -0.25) is 0 Å². The van der Waals surface area contributed by atoms with Gasteiger partial charge in [-0.1, -0.05) is 35.1 Å². The maximum absolute atomic E-state index is 12.6. The van der Waals surface area contributed by atoms with E-state index in [0.717, 1.165) is 10.6 Å². The van der Waals surface area contributed by atoms with Crippen LogP contribution in [0.5, 0.6) is 0 Å². The highest BCUT2D eigenvalue weighted by Gasteiger charge is 2.25. The lowest BCUT2D eigenvalue weighted by Gasteiger charge is -2.06. The van der Waals surface area contributed by atoms with Gasteiger partial charge in [0.15, 0.2) is 5.03 Å². The quantitative estimate of drug-likeness (QED) is 0.779. The molecule has 3 aromatic rings. The Kier molecular flexibility index (Phi) is 3.94. The van der Waals surface area contributed by atoms with Gasteiger partial charge in [-0.15, -0.1) is 0 Å². The minimum Gasteiger partial charge on any atom is -0.221 e. The van der Waals surface area contributed by atoms with E-state index < -0.39 is 10.0 Å². The number of hydrogen-bond donors (Lipinski definition) is 1. The Morgan fingerprint density at radius 2 is 2.14 bits per heavy atom. The second kappa shape index (κ2) is 5.62. The van der Waals surface area contributed by atoms with Crippen molar-refractivity contribution < 1.29 is 8.42 Å². The molecule has 0 unspecified atom stereocenters. The van der Waals surface area contributed by atoms with Crippen LogP contribution in [-0.2, 0) is 16.6 Å². The molecule has 9 heteroatoms. The average Bonchev–Trinajstić information content (AvgIpc) is 2.91. The maximum atomic E-state index is 12.6. The molecule has 0 spiro atoms. The van der Waals surface area contributed by atoms with Crippen molar-refractivity contribution in [1.82, 2.24) is 19.3 Å². The molecule has 1 aromatic carbocycles. The van der Waals surface area contributed by atoms with Crippen LogP contribution in [0.2, 0.25) is 5.02 Å². The normalized spacial score (nSPS) is 12.1. The van der Waals surface area contributed by atoms with Crippen LogP contribution in [0, 0.1) is 13.8 Å². The van der Waals surface area contributed by atoms with E-state index in [2.05, 4.69) is 14.8 Å². The molecule has 0 aliphatic heterocycles. The summed E-state index contributed by atoms with van der Waals surface area (Å²) in [5.74, 6) is 0. The van der Waals surface area contributed by atoms with Crippen LogP contribution in [0.4, 0.5) is 0 Å². The summed E-state index contributed by atoms with van der Waals surface area (Å²) in [6.07, 6.45) is 0. The number of nitrogens with zero attached hydrogens (tertiary/aromatic N) is 3. The first-order valence-corrected chi connectivity index (χ1v) is 9.11. The van der Waals surface area contributed by atoms with Gasteiger partial charge < -0.3 is 0 Å². The summed E-state index contributed by atoms with van der Waals surface area (Å²) >= 11 is 7.25. The Hall–Kier alpha value is -1.48. The van der Waals surface area contributed by atoms with Gasteiger partial charge in [-0.2, -0.15) is 9.61 Å². The molecule has 6 nitrogen and oxygen atoms in total.